The van der Waals surface area contributed by atoms with Gasteiger partial charge in [0, 0.05) is 18.7 Å². The fourth-order valence-electron chi connectivity index (χ4n) is 1.26. The van der Waals surface area contributed by atoms with Gasteiger partial charge in [0.1, 0.15) is 0 Å². The predicted octanol–water partition coefficient (Wildman–Crippen LogP) is 1.75. The lowest BCUT2D eigenvalue weighted by molar-refractivity contribution is 0.0932. The molecule has 0 saturated heterocycles. The van der Waals surface area contributed by atoms with Crippen LogP contribution in [0.3, 0.4) is 0 Å². The van der Waals surface area contributed by atoms with Crippen LogP contribution in [-0.2, 0) is 0 Å². The minimum Gasteiger partial charge on any atom is -0.348 e. The van der Waals surface area contributed by atoms with E-state index >= 15 is 0 Å². The van der Waals surface area contributed by atoms with Gasteiger partial charge in [-0.25, -0.2) is 4.39 Å². The molecule has 1 aromatic rings. The Balaban J connectivity index is 2.73. The second-order valence-electron chi connectivity index (χ2n) is 3.34. The van der Waals surface area contributed by atoms with Crippen molar-refractivity contribution in [1.82, 2.24) is 10.3 Å². The first kappa shape index (κ1) is 12.2. The van der Waals surface area contributed by atoms with Gasteiger partial charge in [0.25, 0.3) is 5.91 Å². The number of terminal acetylenes is 1. The summed E-state index contributed by atoms with van der Waals surface area (Å²) in [5.41, 5.74) is -0.00882. The minimum atomic E-state index is -0.629. The van der Waals surface area contributed by atoms with Gasteiger partial charge in [-0.15, -0.1) is 12.3 Å². The second kappa shape index (κ2) is 5.86. The second-order valence-corrected chi connectivity index (χ2v) is 3.34. The molecule has 1 rings (SSSR count). The molecular weight excluding hydrogens is 207 g/mol. The first-order chi connectivity index (χ1) is 7.69. The Morgan fingerprint density at radius 2 is 2.50 bits per heavy atom. The van der Waals surface area contributed by atoms with Crippen LogP contribution >= 0.6 is 0 Å². The van der Waals surface area contributed by atoms with Gasteiger partial charge in [-0.2, -0.15) is 0 Å². The molecule has 1 amide bonds. The molecule has 0 aliphatic heterocycles. The minimum absolute atomic E-state index is 0.00882. The SMILES string of the molecule is C#CCC(CC)NC(=O)c1ccncc1F. The molecule has 1 aromatic heterocycles. The van der Waals surface area contributed by atoms with Crippen molar-refractivity contribution in [1.29, 1.82) is 0 Å². The number of amides is 1. The Kier molecular flexibility index (Phi) is 4.46. The summed E-state index contributed by atoms with van der Waals surface area (Å²) in [6.07, 6.45) is 8.70. The third-order valence-corrected chi connectivity index (χ3v) is 2.21. The van der Waals surface area contributed by atoms with E-state index in [0.717, 1.165) is 6.20 Å². The van der Waals surface area contributed by atoms with Crippen molar-refractivity contribution >= 4 is 5.91 Å². The van der Waals surface area contributed by atoms with E-state index < -0.39 is 11.7 Å². The molecule has 1 atom stereocenters. The van der Waals surface area contributed by atoms with Crippen molar-refractivity contribution in [2.75, 3.05) is 0 Å². The lowest BCUT2D eigenvalue weighted by atomic mass is 10.1. The number of aromatic nitrogens is 1. The first-order valence-electron chi connectivity index (χ1n) is 5.02. The van der Waals surface area contributed by atoms with Crippen molar-refractivity contribution in [3.8, 4) is 12.3 Å². The van der Waals surface area contributed by atoms with E-state index in [2.05, 4.69) is 16.2 Å². The molecular formula is C12H13FN2O. The summed E-state index contributed by atoms with van der Waals surface area (Å²) < 4.78 is 13.2. The Morgan fingerprint density at radius 3 is 3.06 bits per heavy atom. The fraction of sp³-hybridized carbons (Fsp3) is 0.333. The molecule has 0 saturated carbocycles. The molecule has 1 N–H and O–H groups in total. The molecule has 4 heteroatoms. The van der Waals surface area contributed by atoms with Gasteiger partial charge in [-0.3, -0.25) is 9.78 Å². The number of rotatable bonds is 4. The fourth-order valence-corrected chi connectivity index (χ4v) is 1.26. The number of hydrogen-bond donors (Lipinski definition) is 1. The van der Waals surface area contributed by atoms with Crippen LogP contribution in [0, 0.1) is 18.2 Å². The van der Waals surface area contributed by atoms with Crippen molar-refractivity contribution in [3.63, 3.8) is 0 Å². The van der Waals surface area contributed by atoms with E-state index in [1.807, 2.05) is 6.92 Å². The molecule has 16 heavy (non-hydrogen) atoms. The van der Waals surface area contributed by atoms with Crippen LogP contribution in [0.5, 0.6) is 0 Å². The maximum atomic E-state index is 13.2. The Hall–Kier alpha value is -1.89. The highest BCUT2D eigenvalue weighted by Gasteiger charge is 2.14. The van der Waals surface area contributed by atoms with Gasteiger partial charge in [-0.05, 0) is 12.5 Å². The molecule has 1 unspecified atom stereocenters. The van der Waals surface area contributed by atoms with Crippen LogP contribution in [0.2, 0.25) is 0 Å². The third kappa shape index (κ3) is 3.06. The molecule has 0 fully saturated rings. The molecule has 0 spiro atoms. The van der Waals surface area contributed by atoms with Gasteiger partial charge in [0.2, 0.25) is 0 Å². The Bertz CT molecular complexity index is 412. The van der Waals surface area contributed by atoms with E-state index in [0.29, 0.717) is 12.8 Å². The standard InChI is InChI=1S/C12H13FN2O/c1-3-5-9(4-2)15-12(16)10-6-7-14-8-11(10)13/h1,6-9H,4-5H2,2H3,(H,15,16). The first-order valence-corrected chi connectivity index (χ1v) is 5.02. The van der Waals surface area contributed by atoms with E-state index in [1.165, 1.54) is 12.3 Å². The van der Waals surface area contributed by atoms with E-state index in [1.54, 1.807) is 0 Å². The molecule has 0 radical (unpaired) electrons. The summed E-state index contributed by atoms with van der Waals surface area (Å²) in [6.45, 7) is 1.91. The van der Waals surface area contributed by atoms with Crippen molar-refractivity contribution in [2.24, 2.45) is 0 Å². The third-order valence-electron chi connectivity index (χ3n) is 2.21. The van der Waals surface area contributed by atoms with Crippen LogP contribution in [0.15, 0.2) is 18.5 Å². The monoisotopic (exact) mass is 220 g/mol. The highest BCUT2D eigenvalue weighted by atomic mass is 19.1. The highest BCUT2D eigenvalue weighted by Crippen LogP contribution is 2.06. The number of hydrogen-bond acceptors (Lipinski definition) is 2. The van der Waals surface area contributed by atoms with Crippen LogP contribution in [0.1, 0.15) is 30.1 Å². The largest absolute Gasteiger partial charge is 0.348 e. The number of nitrogens with one attached hydrogen (secondary N) is 1. The quantitative estimate of drug-likeness (QED) is 0.785. The van der Waals surface area contributed by atoms with Gasteiger partial charge in [0.05, 0.1) is 11.8 Å². The molecule has 0 aliphatic rings. The van der Waals surface area contributed by atoms with E-state index in [4.69, 9.17) is 6.42 Å². The summed E-state index contributed by atoms with van der Waals surface area (Å²) in [7, 11) is 0. The molecule has 1 heterocycles. The van der Waals surface area contributed by atoms with Gasteiger partial charge >= 0.3 is 0 Å². The number of pyridine rings is 1. The number of halogens is 1. The van der Waals surface area contributed by atoms with Gasteiger partial charge in [0.15, 0.2) is 5.82 Å². The normalized spacial score (nSPS) is 11.6. The highest BCUT2D eigenvalue weighted by molar-refractivity contribution is 5.94. The lowest BCUT2D eigenvalue weighted by Gasteiger charge is -2.14. The van der Waals surface area contributed by atoms with E-state index in [-0.39, 0.29) is 11.6 Å². The maximum Gasteiger partial charge on any atom is 0.254 e. The zero-order valence-corrected chi connectivity index (χ0v) is 9.03. The van der Waals surface area contributed by atoms with Crippen LogP contribution in [0.25, 0.3) is 0 Å². The summed E-state index contributed by atoms with van der Waals surface area (Å²) in [5, 5.41) is 2.68. The van der Waals surface area contributed by atoms with Crippen molar-refractivity contribution in [2.45, 2.75) is 25.8 Å². The Labute approximate surface area is 94.1 Å². The number of carbonyl (C=O) groups excluding carboxylic acids is 1. The van der Waals surface area contributed by atoms with Crippen LogP contribution in [0.4, 0.5) is 4.39 Å². The van der Waals surface area contributed by atoms with Gasteiger partial charge < -0.3 is 5.32 Å². The van der Waals surface area contributed by atoms with Crippen LogP contribution in [-0.4, -0.2) is 16.9 Å². The average molecular weight is 220 g/mol. The summed E-state index contributed by atoms with van der Waals surface area (Å²) in [5.74, 6) is 1.38. The van der Waals surface area contributed by atoms with Crippen LogP contribution < -0.4 is 5.32 Å². The smallest absolute Gasteiger partial charge is 0.254 e. The lowest BCUT2D eigenvalue weighted by Crippen LogP contribution is -2.34. The van der Waals surface area contributed by atoms with Crippen molar-refractivity contribution in [3.05, 3.63) is 29.8 Å². The molecule has 0 bridgehead atoms. The molecule has 0 aliphatic carbocycles. The summed E-state index contributed by atoms with van der Waals surface area (Å²) >= 11 is 0. The van der Waals surface area contributed by atoms with Gasteiger partial charge in [-0.1, -0.05) is 6.92 Å². The average Bonchev–Trinajstić information content (AvgIpc) is 2.28. The number of carbonyl (C=O) groups is 1. The predicted molar refractivity (Wildman–Crippen MR) is 59.2 cm³/mol. The maximum absolute atomic E-state index is 13.2. The molecule has 0 aromatic carbocycles. The summed E-state index contributed by atoms with van der Waals surface area (Å²) in [4.78, 5) is 15.2. The van der Waals surface area contributed by atoms with Crippen molar-refractivity contribution < 1.29 is 9.18 Å². The number of nitrogens with zero attached hydrogens (tertiary/aromatic N) is 1. The summed E-state index contributed by atoms with van der Waals surface area (Å²) in [6, 6.07) is 1.22. The zero-order chi connectivity index (χ0) is 12.0. The zero-order valence-electron chi connectivity index (χ0n) is 9.03. The molecule has 3 nitrogen and oxygen atoms in total. The molecule has 84 valence electrons. The van der Waals surface area contributed by atoms with E-state index in [9.17, 15) is 9.18 Å². The topological polar surface area (TPSA) is 42.0 Å². The Morgan fingerprint density at radius 1 is 1.75 bits per heavy atom.